The standard InChI is InChI=1S/C21H20N2O3/c1-2-18(24-9-1)13-23-8-6-17(12-23)15-5-7-22-19(10-15)16-3-4-20-21(11-16)26-14-25-20/h1-5,7,9-11,17H,6,8,12-14H2/t17-/m0/s1. The van der Waals surface area contributed by atoms with Gasteiger partial charge in [-0.2, -0.15) is 0 Å². The van der Waals surface area contributed by atoms with E-state index < -0.39 is 0 Å². The molecule has 0 saturated carbocycles. The van der Waals surface area contributed by atoms with E-state index in [-0.39, 0.29) is 0 Å². The summed E-state index contributed by atoms with van der Waals surface area (Å²) in [5.74, 6) is 3.15. The molecule has 0 bridgehead atoms. The summed E-state index contributed by atoms with van der Waals surface area (Å²) in [6.07, 6.45) is 4.80. The van der Waals surface area contributed by atoms with Gasteiger partial charge in [0.2, 0.25) is 6.79 Å². The number of benzene rings is 1. The minimum Gasteiger partial charge on any atom is -0.468 e. The highest BCUT2D eigenvalue weighted by molar-refractivity contribution is 5.65. The van der Waals surface area contributed by atoms with Crippen molar-refractivity contribution in [2.45, 2.75) is 18.9 Å². The van der Waals surface area contributed by atoms with Gasteiger partial charge in [-0.25, -0.2) is 0 Å². The van der Waals surface area contributed by atoms with Crippen molar-refractivity contribution in [1.82, 2.24) is 9.88 Å². The molecule has 1 atom stereocenters. The smallest absolute Gasteiger partial charge is 0.231 e. The van der Waals surface area contributed by atoms with E-state index in [2.05, 4.69) is 22.0 Å². The molecular weight excluding hydrogens is 328 g/mol. The lowest BCUT2D eigenvalue weighted by atomic mass is 9.97. The van der Waals surface area contributed by atoms with Crippen molar-refractivity contribution in [2.75, 3.05) is 19.9 Å². The van der Waals surface area contributed by atoms with Gasteiger partial charge in [-0.15, -0.1) is 0 Å². The van der Waals surface area contributed by atoms with Gasteiger partial charge in [0.1, 0.15) is 5.76 Å². The first-order chi connectivity index (χ1) is 12.8. The van der Waals surface area contributed by atoms with Crippen LogP contribution < -0.4 is 9.47 Å². The molecule has 1 fully saturated rings. The third-order valence-electron chi connectivity index (χ3n) is 5.16. The zero-order valence-corrected chi connectivity index (χ0v) is 14.4. The fraction of sp³-hybridized carbons (Fsp3) is 0.286. The Morgan fingerprint density at radius 1 is 1.08 bits per heavy atom. The second-order valence-electron chi connectivity index (χ2n) is 6.84. The molecule has 4 heterocycles. The first kappa shape index (κ1) is 15.5. The maximum Gasteiger partial charge on any atom is 0.231 e. The van der Waals surface area contributed by atoms with E-state index in [0.717, 1.165) is 54.6 Å². The lowest BCUT2D eigenvalue weighted by Gasteiger charge is -2.15. The highest BCUT2D eigenvalue weighted by Crippen LogP contribution is 2.36. The molecule has 2 aliphatic rings. The lowest BCUT2D eigenvalue weighted by molar-refractivity contribution is 0.174. The average molecular weight is 348 g/mol. The van der Waals surface area contributed by atoms with Crippen LogP contribution in [0, 0.1) is 0 Å². The molecule has 1 aromatic carbocycles. The molecule has 3 aromatic rings. The number of hydrogen-bond acceptors (Lipinski definition) is 5. The van der Waals surface area contributed by atoms with Crippen LogP contribution in [0.5, 0.6) is 11.5 Å². The highest BCUT2D eigenvalue weighted by Gasteiger charge is 2.25. The highest BCUT2D eigenvalue weighted by atomic mass is 16.7. The van der Waals surface area contributed by atoms with Crippen molar-refractivity contribution in [3.05, 3.63) is 66.2 Å². The molecular formula is C21H20N2O3. The van der Waals surface area contributed by atoms with Gasteiger partial charge in [0.15, 0.2) is 11.5 Å². The summed E-state index contributed by atoms with van der Waals surface area (Å²) in [4.78, 5) is 7.01. The molecule has 0 N–H and O–H groups in total. The quantitative estimate of drug-likeness (QED) is 0.711. The lowest BCUT2D eigenvalue weighted by Crippen LogP contribution is -2.19. The average Bonchev–Trinajstić information content (AvgIpc) is 3.43. The van der Waals surface area contributed by atoms with Gasteiger partial charge in [0.25, 0.3) is 0 Å². The Kier molecular flexibility index (Phi) is 3.87. The van der Waals surface area contributed by atoms with Gasteiger partial charge in [0, 0.05) is 18.3 Å². The van der Waals surface area contributed by atoms with Crippen LogP contribution in [-0.2, 0) is 6.54 Å². The third-order valence-corrected chi connectivity index (χ3v) is 5.16. The Labute approximate surface area is 152 Å². The summed E-state index contributed by atoms with van der Waals surface area (Å²) in [5.41, 5.74) is 3.38. The van der Waals surface area contributed by atoms with Gasteiger partial charge in [-0.3, -0.25) is 9.88 Å². The summed E-state index contributed by atoms with van der Waals surface area (Å²) >= 11 is 0. The number of fused-ring (bicyclic) bond motifs is 1. The van der Waals surface area contributed by atoms with Crippen LogP contribution in [0.25, 0.3) is 11.3 Å². The molecule has 5 nitrogen and oxygen atoms in total. The number of likely N-dealkylation sites (tertiary alicyclic amines) is 1. The van der Waals surface area contributed by atoms with Crippen molar-refractivity contribution < 1.29 is 13.9 Å². The van der Waals surface area contributed by atoms with Crippen LogP contribution in [-0.4, -0.2) is 29.8 Å². The predicted molar refractivity (Wildman–Crippen MR) is 97.1 cm³/mol. The Bertz CT molecular complexity index is 907. The number of pyridine rings is 1. The van der Waals surface area contributed by atoms with E-state index >= 15 is 0 Å². The van der Waals surface area contributed by atoms with Gasteiger partial charge in [-0.1, -0.05) is 0 Å². The minimum atomic E-state index is 0.292. The van der Waals surface area contributed by atoms with E-state index in [1.165, 1.54) is 5.56 Å². The summed E-state index contributed by atoms with van der Waals surface area (Å²) in [7, 11) is 0. The fourth-order valence-electron chi connectivity index (χ4n) is 3.79. The van der Waals surface area contributed by atoms with E-state index in [1.807, 2.05) is 36.5 Å². The number of ether oxygens (including phenoxy) is 2. The number of rotatable bonds is 4. The van der Waals surface area contributed by atoms with E-state index in [1.54, 1.807) is 6.26 Å². The van der Waals surface area contributed by atoms with Crippen LogP contribution in [0.2, 0.25) is 0 Å². The number of nitrogens with zero attached hydrogens (tertiary/aromatic N) is 2. The van der Waals surface area contributed by atoms with Gasteiger partial charge >= 0.3 is 0 Å². The van der Waals surface area contributed by atoms with Crippen LogP contribution >= 0.6 is 0 Å². The molecule has 0 amide bonds. The molecule has 0 radical (unpaired) electrons. The summed E-state index contributed by atoms with van der Waals surface area (Å²) in [6.45, 7) is 3.31. The van der Waals surface area contributed by atoms with Crippen molar-refractivity contribution in [3.63, 3.8) is 0 Å². The second-order valence-corrected chi connectivity index (χ2v) is 6.84. The predicted octanol–water partition coefficient (Wildman–Crippen LogP) is 4.06. The van der Waals surface area contributed by atoms with E-state index in [9.17, 15) is 0 Å². The number of hydrogen-bond donors (Lipinski definition) is 0. The minimum absolute atomic E-state index is 0.292. The van der Waals surface area contributed by atoms with E-state index in [0.29, 0.717) is 12.7 Å². The molecule has 2 aromatic heterocycles. The normalized spacial score (nSPS) is 19.2. The number of aromatic nitrogens is 1. The topological polar surface area (TPSA) is 47.7 Å². The monoisotopic (exact) mass is 348 g/mol. The molecule has 26 heavy (non-hydrogen) atoms. The Balaban J connectivity index is 1.34. The Morgan fingerprint density at radius 3 is 2.96 bits per heavy atom. The molecule has 2 aliphatic heterocycles. The SMILES string of the molecule is c1coc(CN2CC[C@H](c3ccnc(-c4ccc5c(c4)OCO5)c3)C2)c1. The zero-order valence-electron chi connectivity index (χ0n) is 14.4. The van der Waals surface area contributed by atoms with Gasteiger partial charge in [-0.05, 0) is 66.9 Å². The van der Waals surface area contributed by atoms with Crippen molar-refractivity contribution in [3.8, 4) is 22.8 Å². The van der Waals surface area contributed by atoms with Crippen molar-refractivity contribution in [1.29, 1.82) is 0 Å². The molecule has 0 unspecified atom stereocenters. The maximum absolute atomic E-state index is 5.49. The molecule has 0 spiro atoms. The molecule has 0 aliphatic carbocycles. The van der Waals surface area contributed by atoms with Gasteiger partial charge < -0.3 is 13.9 Å². The van der Waals surface area contributed by atoms with Crippen LogP contribution in [0.1, 0.15) is 23.7 Å². The summed E-state index contributed by atoms with van der Waals surface area (Å²) < 4.78 is 16.4. The third kappa shape index (κ3) is 2.95. The van der Waals surface area contributed by atoms with Gasteiger partial charge in [0.05, 0.1) is 18.5 Å². The largest absolute Gasteiger partial charge is 0.468 e. The van der Waals surface area contributed by atoms with Crippen LogP contribution in [0.15, 0.2) is 59.3 Å². The Morgan fingerprint density at radius 2 is 2.04 bits per heavy atom. The Hall–Kier alpha value is -2.79. The molecule has 1 saturated heterocycles. The van der Waals surface area contributed by atoms with Crippen LogP contribution in [0.4, 0.5) is 0 Å². The van der Waals surface area contributed by atoms with Crippen molar-refractivity contribution >= 4 is 0 Å². The second kappa shape index (κ2) is 6.50. The maximum atomic E-state index is 5.49. The zero-order chi connectivity index (χ0) is 17.3. The first-order valence-corrected chi connectivity index (χ1v) is 8.96. The molecule has 5 rings (SSSR count). The van der Waals surface area contributed by atoms with E-state index in [4.69, 9.17) is 13.9 Å². The fourth-order valence-corrected chi connectivity index (χ4v) is 3.79. The summed E-state index contributed by atoms with van der Waals surface area (Å²) in [5, 5.41) is 0. The number of furan rings is 1. The first-order valence-electron chi connectivity index (χ1n) is 8.96. The van der Waals surface area contributed by atoms with Crippen molar-refractivity contribution in [2.24, 2.45) is 0 Å². The summed E-state index contributed by atoms with van der Waals surface area (Å²) in [6, 6.07) is 14.3. The molecule has 5 heteroatoms. The van der Waals surface area contributed by atoms with Crippen LogP contribution in [0.3, 0.4) is 0 Å². The molecule has 132 valence electrons.